The molecule has 0 aliphatic rings. The first-order valence-electron chi connectivity index (χ1n) is 5.55. The van der Waals surface area contributed by atoms with Crippen LogP contribution in [-0.2, 0) is 9.53 Å². The van der Waals surface area contributed by atoms with Crippen molar-refractivity contribution in [1.29, 1.82) is 0 Å². The van der Waals surface area contributed by atoms with E-state index in [2.05, 4.69) is 4.74 Å². The third-order valence-electron chi connectivity index (χ3n) is 2.73. The predicted molar refractivity (Wildman–Crippen MR) is 65.9 cm³/mol. The molecule has 0 radical (unpaired) electrons. The van der Waals surface area contributed by atoms with Gasteiger partial charge in [0.05, 0.1) is 14.2 Å². The summed E-state index contributed by atoms with van der Waals surface area (Å²) in [6.07, 6.45) is 0.918. The monoisotopic (exact) mass is 237 g/mol. The average molecular weight is 237 g/mol. The first-order valence-corrected chi connectivity index (χ1v) is 5.55. The Morgan fingerprint density at radius 1 is 1.41 bits per heavy atom. The van der Waals surface area contributed by atoms with E-state index < -0.39 is 0 Å². The van der Waals surface area contributed by atoms with Gasteiger partial charge in [0.25, 0.3) is 0 Å². The van der Waals surface area contributed by atoms with Crippen LogP contribution in [0.4, 0.5) is 0 Å². The van der Waals surface area contributed by atoms with Gasteiger partial charge in [-0.1, -0.05) is 12.1 Å². The van der Waals surface area contributed by atoms with E-state index in [1.807, 2.05) is 25.1 Å². The third kappa shape index (κ3) is 3.75. The number of nitrogens with two attached hydrogens (primary N) is 1. The van der Waals surface area contributed by atoms with E-state index in [1.165, 1.54) is 7.11 Å². The summed E-state index contributed by atoms with van der Waals surface area (Å²) >= 11 is 0. The molecule has 0 aliphatic carbocycles. The van der Waals surface area contributed by atoms with Crippen LogP contribution < -0.4 is 10.5 Å². The highest BCUT2D eigenvalue weighted by molar-refractivity contribution is 5.69. The van der Waals surface area contributed by atoms with Crippen molar-refractivity contribution in [3.8, 4) is 5.75 Å². The molecular weight excluding hydrogens is 218 g/mol. The summed E-state index contributed by atoms with van der Waals surface area (Å²) in [4.78, 5) is 11.0. The molecular formula is C13H19NO3. The first kappa shape index (κ1) is 13.5. The third-order valence-corrected chi connectivity index (χ3v) is 2.73. The number of esters is 1. The lowest BCUT2D eigenvalue weighted by atomic mass is 10.0. The number of hydrogen-bond acceptors (Lipinski definition) is 4. The van der Waals surface area contributed by atoms with Crippen LogP contribution in [0.2, 0.25) is 0 Å². The van der Waals surface area contributed by atoms with E-state index in [-0.39, 0.29) is 12.0 Å². The Balaban J connectivity index is 2.66. The molecule has 2 N–H and O–H groups in total. The number of ether oxygens (including phenoxy) is 2. The number of rotatable bonds is 5. The van der Waals surface area contributed by atoms with Gasteiger partial charge in [-0.25, -0.2) is 0 Å². The molecule has 4 nitrogen and oxygen atoms in total. The summed E-state index contributed by atoms with van der Waals surface area (Å²) in [5.41, 5.74) is 8.06. The molecule has 1 atom stereocenters. The van der Waals surface area contributed by atoms with E-state index in [0.29, 0.717) is 12.8 Å². The normalized spacial score (nSPS) is 12.0. The van der Waals surface area contributed by atoms with Gasteiger partial charge in [-0.2, -0.15) is 0 Å². The maximum Gasteiger partial charge on any atom is 0.305 e. The smallest absolute Gasteiger partial charge is 0.305 e. The zero-order chi connectivity index (χ0) is 12.8. The molecule has 0 aliphatic heterocycles. The highest BCUT2D eigenvalue weighted by atomic mass is 16.5. The Kier molecular flexibility index (Phi) is 4.97. The lowest BCUT2D eigenvalue weighted by Crippen LogP contribution is -2.13. The van der Waals surface area contributed by atoms with Gasteiger partial charge in [0.15, 0.2) is 0 Å². The summed E-state index contributed by atoms with van der Waals surface area (Å²) in [7, 11) is 3.02. The van der Waals surface area contributed by atoms with Crippen LogP contribution in [0, 0.1) is 6.92 Å². The van der Waals surface area contributed by atoms with Crippen molar-refractivity contribution in [3.05, 3.63) is 29.3 Å². The van der Waals surface area contributed by atoms with Crippen molar-refractivity contribution in [3.63, 3.8) is 0 Å². The van der Waals surface area contributed by atoms with Gasteiger partial charge in [-0.15, -0.1) is 0 Å². The van der Waals surface area contributed by atoms with E-state index in [1.54, 1.807) is 7.11 Å². The summed E-state index contributed by atoms with van der Waals surface area (Å²) in [6.45, 7) is 1.97. The quantitative estimate of drug-likeness (QED) is 0.795. The van der Waals surface area contributed by atoms with Crippen molar-refractivity contribution < 1.29 is 14.3 Å². The second-order valence-corrected chi connectivity index (χ2v) is 3.95. The lowest BCUT2D eigenvalue weighted by Gasteiger charge is -2.13. The fourth-order valence-electron chi connectivity index (χ4n) is 1.67. The highest BCUT2D eigenvalue weighted by Gasteiger charge is 2.10. The highest BCUT2D eigenvalue weighted by Crippen LogP contribution is 2.23. The predicted octanol–water partition coefficient (Wildman–Crippen LogP) is 1.96. The van der Waals surface area contributed by atoms with Crippen LogP contribution in [0.1, 0.15) is 30.0 Å². The van der Waals surface area contributed by atoms with Crippen molar-refractivity contribution in [2.75, 3.05) is 14.2 Å². The molecule has 94 valence electrons. The molecule has 0 aromatic heterocycles. The van der Waals surface area contributed by atoms with Crippen molar-refractivity contribution in [2.24, 2.45) is 5.73 Å². The van der Waals surface area contributed by atoms with Crippen LogP contribution in [0.3, 0.4) is 0 Å². The molecule has 0 heterocycles. The van der Waals surface area contributed by atoms with Gasteiger partial charge in [-0.3, -0.25) is 4.79 Å². The average Bonchev–Trinajstić information content (AvgIpc) is 2.35. The molecule has 0 amide bonds. The van der Waals surface area contributed by atoms with Crippen LogP contribution in [-0.4, -0.2) is 20.2 Å². The molecule has 0 saturated heterocycles. The standard InChI is InChI=1S/C13H19NO3/c1-9-8-10(4-6-12(9)16-2)11(14)5-7-13(15)17-3/h4,6,8,11H,5,7,14H2,1-3H3. The minimum absolute atomic E-state index is 0.154. The minimum Gasteiger partial charge on any atom is -0.496 e. The molecule has 1 unspecified atom stereocenters. The molecule has 1 aromatic rings. The summed E-state index contributed by atoms with van der Waals surface area (Å²) in [5, 5.41) is 0. The maximum atomic E-state index is 11.0. The molecule has 0 saturated carbocycles. The Morgan fingerprint density at radius 3 is 2.65 bits per heavy atom. The largest absolute Gasteiger partial charge is 0.496 e. The Bertz CT molecular complexity index is 390. The summed E-state index contributed by atoms with van der Waals surface area (Å²) in [5.74, 6) is 0.611. The topological polar surface area (TPSA) is 61.5 Å². The first-order chi connectivity index (χ1) is 8.08. The SMILES string of the molecule is COC(=O)CCC(N)c1ccc(OC)c(C)c1. The van der Waals surface area contributed by atoms with Crippen LogP contribution in [0.5, 0.6) is 5.75 Å². The van der Waals surface area contributed by atoms with Crippen LogP contribution in [0.25, 0.3) is 0 Å². The molecule has 1 aromatic carbocycles. The summed E-state index contributed by atoms with van der Waals surface area (Å²) < 4.78 is 9.76. The van der Waals surface area contributed by atoms with Gasteiger partial charge in [0.1, 0.15) is 5.75 Å². The number of hydrogen-bond donors (Lipinski definition) is 1. The zero-order valence-electron chi connectivity index (χ0n) is 10.5. The Hall–Kier alpha value is -1.55. The molecule has 4 heteroatoms. The van der Waals surface area contributed by atoms with E-state index in [4.69, 9.17) is 10.5 Å². The number of benzene rings is 1. The molecule has 1 rings (SSSR count). The van der Waals surface area contributed by atoms with Crippen molar-refractivity contribution in [2.45, 2.75) is 25.8 Å². The molecule has 0 spiro atoms. The summed E-state index contributed by atoms with van der Waals surface area (Å²) in [6, 6.07) is 5.65. The Labute approximate surface area is 102 Å². The number of aryl methyl sites for hydroxylation is 1. The number of carbonyl (C=O) groups excluding carboxylic acids is 1. The van der Waals surface area contributed by atoms with E-state index in [9.17, 15) is 4.79 Å². The van der Waals surface area contributed by atoms with Crippen LogP contribution >= 0.6 is 0 Å². The van der Waals surface area contributed by atoms with Gasteiger partial charge in [0, 0.05) is 12.5 Å². The maximum absolute atomic E-state index is 11.0. The zero-order valence-corrected chi connectivity index (χ0v) is 10.5. The lowest BCUT2D eigenvalue weighted by molar-refractivity contribution is -0.140. The van der Waals surface area contributed by atoms with Crippen LogP contribution in [0.15, 0.2) is 18.2 Å². The van der Waals surface area contributed by atoms with Gasteiger partial charge in [0.2, 0.25) is 0 Å². The number of methoxy groups -OCH3 is 2. The van der Waals surface area contributed by atoms with Gasteiger partial charge < -0.3 is 15.2 Å². The number of carbonyl (C=O) groups is 1. The molecule has 0 fully saturated rings. The fourth-order valence-corrected chi connectivity index (χ4v) is 1.67. The van der Waals surface area contributed by atoms with Crippen molar-refractivity contribution >= 4 is 5.97 Å². The van der Waals surface area contributed by atoms with E-state index in [0.717, 1.165) is 16.9 Å². The van der Waals surface area contributed by atoms with E-state index >= 15 is 0 Å². The van der Waals surface area contributed by atoms with Crippen molar-refractivity contribution in [1.82, 2.24) is 0 Å². The van der Waals surface area contributed by atoms with Gasteiger partial charge >= 0.3 is 5.97 Å². The molecule has 17 heavy (non-hydrogen) atoms. The molecule has 0 bridgehead atoms. The Morgan fingerprint density at radius 2 is 2.12 bits per heavy atom. The second-order valence-electron chi connectivity index (χ2n) is 3.95. The minimum atomic E-state index is -0.231. The second kappa shape index (κ2) is 6.25. The van der Waals surface area contributed by atoms with Gasteiger partial charge in [-0.05, 0) is 30.5 Å². The fraction of sp³-hybridized carbons (Fsp3) is 0.462.